The van der Waals surface area contributed by atoms with Crippen LogP contribution in [0.15, 0.2) is 48.5 Å². The summed E-state index contributed by atoms with van der Waals surface area (Å²) in [6.07, 6.45) is 0. The molecule has 5 nitrogen and oxygen atoms in total. The van der Waals surface area contributed by atoms with Crippen molar-refractivity contribution in [3.05, 3.63) is 65.2 Å². The van der Waals surface area contributed by atoms with E-state index in [0.29, 0.717) is 28.2 Å². The summed E-state index contributed by atoms with van der Waals surface area (Å²) in [6, 6.07) is 14.5. The van der Waals surface area contributed by atoms with Gasteiger partial charge in [-0.05, 0) is 12.1 Å². The molecule has 0 aromatic heterocycles. The molecule has 5 heteroatoms. The zero-order chi connectivity index (χ0) is 14.1. The summed E-state index contributed by atoms with van der Waals surface area (Å²) < 4.78 is 0. The van der Waals surface area contributed by atoms with Gasteiger partial charge >= 0.3 is 0 Å². The molecule has 1 aliphatic rings. The van der Waals surface area contributed by atoms with Crippen LogP contribution in [0.4, 0.5) is 5.69 Å². The molecular formula is C15H14N4O. The van der Waals surface area contributed by atoms with E-state index in [2.05, 4.69) is 10.7 Å². The summed E-state index contributed by atoms with van der Waals surface area (Å²) in [5.41, 5.74) is 12.5. The van der Waals surface area contributed by atoms with E-state index in [1.54, 1.807) is 12.1 Å². The molecule has 0 spiro atoms. The Morgan fingerprint density at radius 1 is 0.900 bits per heavy atom. The molecular weight excluding hydrogens is 252 g/mol. The molecule has 1 aliphatic heterocycles. The Bertz CT molecular complexity index is 721. The standard InChI is InChI=1S/C15H14N4O/c16-13-11-7-3-4-8-12(11)18-15(20)10-6-2-1-5-9(10)14(13)19-17/h1-8,19H,16-17H2,(H,18,20). The first-order valence-electron chi connectivity index (χ1n) is 6.19. The lowest BCUT2D eigenvalue weighted by Gasteiger charge is -2.21. The van der Waals surface area contributed by atoms with E-state index in [9.17, 15) is 4.79 Å². The summed E-state index contributed by atoms with van der Waals surface area (Å²) in [6.45, 7) is 0. The number of carbonyl (C=O) groups excluding carboxylic acids is 1. The van der Waals surface area contributed by atoms with Gasteiger partial charge in [0.15, 0.2) is 0 Å². The Morgan fingerprint density at radius 3 is 2.20 bits per heavy atom. The third-order valence-electron chi connectivity index (χ3n) is 3.32. The van der Waals surface area contributed by atoms with Gasteiger partial charge in [0.1, 0.15) is 0 Å². The van der Waals surface area contributed by atoms with Gasteiger partial charge in [-0.2, -0.15) is 0 Å². The molecule has 3 rings (SSSR count). The fraction of sp³-hybridized carbons (Fsp3) is 0. The molecule has 1 heterocycles. The van der Waals surface area contributed by atoms with Crippen LogP contribution in [0.25, 0.3) is 11.4 Å². The fourth-order valence-corrected chi connectivity index (χ4v) is 2.35. The van der Waals surface area contributed by atoms with Gasteiger partial charge in [0.25, 0.3) is 5.91 Å². The van der Waals surface area contributed by atoms with Crippen molar-refractivity contribution in [3.63, 3.8) is 0 Å². The van der Waals surface area contributed by atoms with E-state index in [-0.39, 0.29) is 5.91 Å². The van der Waals surface area contributed by atoms with Crippen LogP contribution in [0.1, 0.15) is 21.5 Å². The highest BCUT2D eigenvalue weighted by atomic mass is 16.1. The molecule has 0 bridgehead atoms. The Labute approximate surface area is 116 Å². The second-order valence-corrected chi connectivity index (χ2v) is 4.48. The number of amides is 1. The number of anilines is 1. The van der Waals surface area contributed by atoms with E-state index in [4.69, 9.17) is 11.6 Å². The molecule has 0 radical (unpaired) electrons. The highest BCUT2D eigenvalue weighted by Gasteiger charge is 2.21. The molecule has 0 fully saturated rings. The summed E-state index contributed by atoms with van der Waals surface area (Å²) in [5.74, 6) is 5.43. The minimum absolute atomic E-state index is 0.187. The SMILES string of the molecule is NN/C1=C(\N)c2ccccc2NC(=O)c2ccccc21. The Balaban J connectivity index is 2.35. The predicted octanol–water partition coefficient (Wildman–Crippen LogP) is 1.50. The molecule has 0 saturated carbocycles. The molecule has 2 aromatic rings. The maximum Gasteiger partial charge on any atom is 0.256 e. The van der Waals surface area contributed by atoms with Crippen molar-refractivity contribution in [2.24, 2.45) is 11.6 Å². The maximum absolute atomic E-state index is 12.3. The van der Waals surface area contributed by atoms with Crippen molar-refractivity contribution in [3.8, 4) is 0 Å². The number of fused-ring (bicyclic) bond motifs is 2. The first-order chi connectivity index (χ1) is 9.72. The molecule has 1 amide bonds. The highest BCUT2D eigenvalue weighted by molar-refractivity contribution is 6.12. The van der Waals surface area contributed by atoms with Crippen LogP contribution in [-0.4, -0.2) is 5.91 Å². The monoisotopic (exact) mass is 266 g/mol. The number of hydrogen-bond donors (Lipinski definition) is 4. The summed E-state index contributed by atoms with van der Waals surface area (Å²) in [4.78, 5) is 12.3. The van der Waals surface area contributed by atoms with Gasteiger partial charge in [0.2, 0.25) is 0 Å². The van der Waals surface area contributed by atoms with E-state index < -0.39 is 0 Å². The number of para-hydroxylation sites is 1. The summed E-state index contributed by atoms with van der Waals surface area (Å²) >= 11 is 0. The number of hydrazine groups is 1. The summed E-state index contributed by atoms with van der Waals surface area (Å²) in [7, 11) is 0. The minimum Gasteiger partial charge on any atom is -0.396 e. The quantitative estimate of drug-likeness (QED) is 0.465. The van der Waals surface area contributed by atoms with Crippen LogP contribution in [0.3, 0.4) is 0 Å². The smallest absolute Gasteiger partial charge is 0.256 e. The molecule has 0 saturated heterocycles. The van der Waals surface area contributed by atoms with Crippen molar-refractivity contribution < 1.29 is 4.79 Å². The lowest BCUT2D eigenvalue weighted by atomic mass is 9.97. The lowest BCUT2D eigenvalue weighted by molar-refractivity contribution is 0.102. The van der Waals surface area contributed by atoms with Crippen molar-refractivity contribution >= 4 is 23.0 Å². The number of nitrogens with one attached hydrogen (secondary N) is 2. The number of carbonyl (C=O) groups is 1. The van der Waals surface area contributed by atoms with Crippen LogP contribution in [0.2, 0.25) is 0 Å². The molecule has 20 heavy (non-hydrogen) atoms. The molecule has 2 aromatic carbocycles. The van der Waals surface area contributed by atoms with Gasteiger partial charge in [0.05, 0.1) is 17.1 Å². The first kappa shape index (κ1) is 12.3. The Kier molecular flexibility index (Phi) is 2.89. The largest absolute Gasteiger partial charge is 0.396 e. The predicted molar refractivity (Wildman–Crippen MR) is 79.2 cm³/mol. The average Bonchev–Trinajstić information content (AvgIpc) is 2.48. The molecule has 0 aliphatic carbocycles. The second kappa shape index (κ2) is 4.71. The van der Waals surface area contributed by atoms with Gasteiger partial charge < -0.3 is 16.5 Å². The Morgan fingerprint density at radius 2 is 1.50 bits per heavy atom. The molecule has 0 unspecified atom stereocenters. The van der Waals surface area contributed by atoms with E-state index in [0.717, 1.165) is 5.56 Å². The van der Waals surface area contributed by atoms with E-state index >= 15 is 0 Å². The zero-order valence-electron chi connectivity index (χ0n) is 10.7. The number of nitrogens with two attached hydrogens (primary N) is 2. The topological polar surface area (TPSA) is 93.2 Å². The van der Waals surface area contributed by atoms with Crippen molar-refractivity contribution in [2.75, 3.05) is 5.32 Å². The van der Waals surface area contributed by atoms with Gasteiger partial charge in [-0.1, -0.05) is 36.4 Å². The second-order valence-electron chi connectivity index (χ2n) is 4.48. The van der Waals surface area contributed by atoms with E-state index in [1.165, 1.54) is 0 Å². The summed E-state index contributed by atoms with van der Waals surface area (Å²) in [5, 5.41) is 2.87. The van der Waals surface area contributed by atoms with Crippen molar-refractivity contribution in [1.29, 1.82) is 0 Å². The number of hydrogen-bond acceptors (Lipinski definition) is 4. The van der Waals surface area contributed by atoms with Crippen LogP contribution in [0.5, 0.6) is 0 Å². The lowest BCUT2D eigenvalue weighted by Crippen LogP contribution is -2.27. The average molecular weight is 266 g/mol. The minimum atomic E-state index is -0.187. The van der Waals surface area contributed by atoms with Gasteiger partial charge in [-0.25, -0.2) is 0 Å². The number of rotatable bonds is 1. The normalized spacial score (nSPS) is 17.4. The van der Waals surface area contributed by atoms with Crippen LogP contribution in [-0.2, 0) is 0 Å². The highest BCUT2D eigenvalue weighted by Crippen LogP contribution is 2.30. The van der Waals surface area contributed by atoms with Crippen molar-refractivity contribution in [2.45, 2.75) is 0 Å². The molecule has 6 N–H and O–H groups in total. The van der Waals surface area contributed by atoms with E-state index in [1.807, 2.05) is 36.4 Å². The van der Waals surface area contributed by atoms with Crippen molar-refractivity contribution in [1.82, 2.24) is 5.43 Å². The first-order valence-corrected chi connectivity index (χ1v) is 6.19. The number of benzene rings is 2. The molecule has 0 atom stereocenters. The molecule has 100 valence electrons. The van der Waals surface area contributed by atoms with Crippen LogP contribution >= 0.6 is 0 Å². The third-order valence-corrected chi connectivity index (χ3v) is 3.32. The zero-order valence-corrected chi connectivity index (χ0v) is 10.7. The van der Waals surface area contributed by atoms with Crippen LogP contribution in [0, 0.1) is 0 Å². The van der Waals surface area contributed by atoms with Gasteiger partial charge in [-0.3, -0.25) is 10.6 Å². The maximum atomic E-state index is 12.3. The van der Waals surface area contributed by atoms with Crippen LogP contribution < -0.4 is 22.3 Å². The van der Waals surface area contributed by atoms with Gasteiger partial charge in [0, 0.05) is 16.7 Å². The fourth-order valence-electron chi connectivity index (χ4n) is 2.35. The third kappa shape index (κ3) is 1.81. The Hall–Kier alpha value is -2.79. The van der Waals surface area contributed by atoms with Gasteiger partial charge in [-0.15, -0.1) is 0 Å².